The first-order valence-corrected chi connectivity index (χ1v) is 11.2. The highest BCUT2D eigenvalue weighted by molar-refractivity contribution is 7.15. The second-order valence-electron chi connectivity index (χ2n) is 7.36. The zero-order valence-corrected chi connectivity index (χ0v) is 17.6. The zero-order valence-electron chi connectivity index (χ0n) is 16.0. The quantitative estimate of drug-likeness (QED) is 0.527. The average molecular weight is 397 g/mol. The molecule has 0 fully saturated rings. The number of hydrogen-bond acceptors (Lipinski definition) is 4. The lowest BCUT2D eigenvalue weighted by atomic mass is 9.99. The van der Waals surface area contributed by atoms with E-state index in [0.717, 1.165) is 29.0 Å². The number of anilines is 1. The lowest BCUT2D eigenvalue weighted by Gasteiger charge is -2.07. The van der Waals surface area contributed by atoms with E-state index in [9.17, 15) is 4.79 Å². The Labute approximate surface area is 168 Å². The van der Waals surface area contributed by atoms with Crippen molar-refractivity contribution in [3.05, 3.63) is 55.6 Å². The van der Waals surface area contributed by atoms with Crippen LogP contribution >= 0.6 is 22.7 Å². The van der Waals surface area contributed by atoms with Gasteiger partial charge in [0, 0.05) is 15.8 Å². The third kappa shape index (κ3) is 3.85. The molecular weight excluding hydrogens is 372 g/mol. The predicted molar refractivity (Wildman–Crippen MR) is 115 cm³/mol. The number of hydrogen-bond donors (Lipinski definition) is 1. The Hall–Kier alpha value is -1.98. The predicted octanol–water partition coefficient (Wildman–Crippen LogP) is 6.32. The summed E-state index contributed by atoms with van der Waals surface area (Å²) >= 11 is 3.14. The van der Waals surface area contributed by atoms with Gasteiger partial charge in [-0.3, -0.25) is 10.1 Å². The van der Waals surface area contributed by atoms with Crippen molar-refractivity contribution < 1.29 is 4.79 Å². The number of nitrogens with one attached hydrogen (secondary N) is 1. The van der Waals surface area contributed by atoms with Crippen molar-refractivity contribution in [3.8, 4) is 11.3 Å². The fourth-order valence-electron chi connectivity index (χ4n) is 3.63. The van der Waals surface area contributed by atoms with Gasteiger partial charge in [-0.2, -0.15) is 0 Å². The van der Waals surface area contributed by atoms with Crippen molar-refractivity contribution in [3.63, 3.8) is 0 Å². The van der Waals surface area contributed by atoms with Crippen LogP contribution < -0.4 is 5.32 Å². The topological polar surface area (TPSA) is 42.0 Å². The molecule has 0 radical (unpaired) electrons. The molecule has 0 atom stereocenters. The molecule has 0 saturated heterocycles. The van der Waals surface area contributed by atoms with Gasteiger partial charge in [-0.1, -0.05) is 12.5 Å². The molecule has 140 valence electrons. The fourth-order valence-corrected chi connectivity index (χ4v) is 5.48. The largest absolute Gasteiger partial charge is 0.297 e. The highest BCUT2D eigenvalue weighted by atomic mass is 32.1. The number of benzene rings is 1. The van der Waals surface area contributed by atoms with Crippen LogP contribution in [-0.2, 0) is 12.8 Å². The van der Waals surface area contributed by atoms with E-state index in [1.54, 1.807) is 11.3 Å². The Balaban J connectivity index is 1.53. The van der Waals surface area contributed by atoms with Gasteiger partial charge in [0.25, 0.3) is 5.91 Å². The first-order chi connectivity index (χ1) is 13.0. The molecule has 0 bridgehead atoms. The smallest absolute Gasteiger partial charge is 0.267 e. The van der Waals surface area contributed by atoms with Crippen molar-refractivity contribution in [2.75, 3.05) is 5.32 Å². The number of nitrogens with zero attached hydrogens (tertiary/aromatic N) is 1. The van der Waals surface area contributed by atoms with Crippen LogP contribution in [0.4, 0.5) is 5.13 Å². The summed E-state index contributed by atoms with van der Waals surface area (Å²) in [5, 5.41) is 5.68. The number of aryl methyl sites for hydroxylation is 5. The van der Waals surface area contributed by atoms with E-state index in [1.165, 1.54) is 57.7 Å². The average Bonchev–Trinajstić information content (AvgIpc) is 3.20. The molecule has 1 aromatic carbocycles. The zero-order chi connectivity index (χ0) is 19.0. The van der Waals surface area contributed by atoms with E-state index in [2.05, 4.69) is 49.3 Å². The Morgan fingerprint density at radius 1 is 1.00 bits per heavy atom. The van der Waals surface area contributed by atoms with Gasteiger partial charge < -0.3 is 0 Å². The number of fused-ring (bicyclic) bond motifs is 1. The highest BCUT2D eigenvalue weighted by Crippen LogP contribution is 2.32. The monoisotopic (exact) mass is 396 g/mol. The Kier molecular flexibility index (Phi) is 5.15. The van der Waals surface area contributed by atoms with Crippen LogP contribution in [0.25, 0.3) is 11.3 Å². The second kappa shape index (κ2) is 7.56. The van der Waals surface area contributed by atoms with Crippen molar-refractivity contribution in [1.82, 2.24) is 4.98 Å². The van der Waals surface area contributed by atoms with E-state index in [-0.39, 0.29) is 5.91 Å². The summed E-state index contributed by atoms with van der Waals surface area (Å²) in [5.41, 5.74) is 7.19. The standard InChI is InChI=1S/C22H24N2OS2/c1-13-9-15(3)17(10-14(13)2)18-12-26-22(23-18)24-21(25)20-11-16-7-5-4-6-8-19(16)27-20/h9-12H,4-8H2,1-3H3,(H,23,24,25). The number of carbonyl (C=O) groups excluding carboxylic acids is 1. The first-order valence-electron chi connectivity index (χ1n) is 9.48. The molecule has 2 heterocycles. The van der Waals surface area contributed by atoms with Gasteiger partial charge in [-0.25, -0.2) is 4.98 Å². The summed E-state index contributed by atoms with van der Waals surface area (Å²) in [6, 6.07) is 6.46. The molecule has 1 N–H and O–H groups in total. The molecular formula is C22H24N2OS2. The van der Waals surface area contributed by atoms with Gasteiger partial charge >= 0.3 is 0 Å². The molecule has 0 spiro atoms. The third-order valence-electron chi connectivity index (χ3n) is 5.31. The lowest BCUT2D eigenvalue weighted by Crippen LogP contribution is -2.09. The number of rotatable bonds is 3. The Morgan fingerprint density at radius 2 is 1.78 bits per heavy atom. The van der Waals surface area contributed by atoms with Crippen LogP contribution in [-0.4, -0.2) is 10.9 Å². The summed E-state index contributed by atoms with van der Waals surface area (Å²) in [5.74, 6) is -0.0363. The van der Waals surface area contributed by atoms with Crippen LogP contribution in [0.1, 0.15) is 56.1 Å². The maximum absolute atomic E-state index is 12.7. The molecule has 4 rings (SSSR count). The van der Waals surface area contributed by atoms with Gasteiger partial charge in [0.15, 0.2) is 5.13 Å². The highest BCUT2D eigenvalue weighted by Gasteiger charge is 2.18. The second-order valence-corrected chi connectivity index (χ2v) is 9.36. The first kappa shape index (κ1) is 18.4. The van der Waals surface area contributed by atoms with E-state index in [1.807, 2.05) is 5.38 Å². The van der Waals surface area contributed by atoms with E-state index in [0.29, 0.717) is 5.13 Å². The van der Waals surface area contributed by atoms with Crippen molar-refractivity contribution in [1.29, 1.82) is 0 Å². The van der Waals surface area contributed by atoms with Gasteiger partial charge in [0.05, 0.1) is 10.6 Å². The van der Waals surface area contributed by atoms with E-state index >= 15 is 0 Å². The van der Waals surface area contributed by atoms with Gasteiger partial charge in [-0.05, 0) is 80.8 Å². The summed E-state index contributed by atoms with van der Waals surface area (Å²) in [7, 11) is 0. The number of aromatic nitrogens is 1. The van der Waals surface area contributed by atoms with Crippen LogP contribution in [0.5, 0.6) is 0 Å². The molecule has 0 unspecified atom stereocenters. The lowest BCUT2D eigenvalue weighted by molar-refractivity contribution is 0.103. The molecule has 1 aliphatic carbocycles. The molecule has 0 aliphatic heterocycles. The number of amides is 1. The van der Waals surface area contributed by atoms with Crippen LogP contribution in [0.3, 0.4) is 0 Å². The van der Waals surface area contributed by atoms with E-state index < -0.39 is 0 Å². The minimum atomic E-state index is -0.0363. The summed E-state index contributed by atoms with van der Waals surface area (Å²) in [4.78, 5) is 19.6. The summed E-state index contributed by atoms with van der Waals surface area (Å²) < 4.78 is 0. The molecule has 5 heteroatoms. The Bertz CT molecular complexity index is 976. The number of carbonyl (C=O) groups is 1. The maximum atomic E-state index is 12.7. The number of thiophene rings is 1. The van der Waals surface area contributed by atoms with Crippen molar-refractivity contribution >= 4 is 33.7 Å². The maximum Gasteiger partial charge on any atom is 0.267 e. The molecule has 0 saturated carbocycles. The molecule has 1 amide bonds. The van der Waals surface area contributed by atoms with Crippen LogP contribution in [0.15, 0.2) is 23.6 Å². The van der Waals surface area contributed by atoms with Gasteiger partial charge in [0.2, 0.25) is 0 Å². The SMILES string of the molecule is Cc1cc(C)c(-c2csc(NC(=O)c3cc4c(s3)CCCCC4)n2)cc1C. The van der Waals surface area contributed by atoms with E-state index in [4.69, 9.17) is 0 Å². The van der Waals surface area contributed by atoms with Gasteiger partial charge in [0.1, 0.15) is 0 Å². The molecule has 1 aliphatic rings. The van der Waals surface area contributed by atoms with Gasteiger partial charge in [-0.15, -0.1) is 22.7 Å². The molecule has 27 heavy (non-hydrogen) atoms. The van der Waals surface area contributed by atoms with Crippen molar-refractivity contribution in [2.45, 2.75) is 52.9 Å². The minimum Gasteiger partial charge on any atom is -0.297 e. The summed E-state index contributed by atoms with van der Waals surface area (Å²) in [6.07, 6.45) is 5.98. The number of thiazole rings is 1. The third-order valence-corrected chi connectivity index (χ3v) is 7.31. The Morgan fingerprint density at radius 3 is 2.63 bits per heavy atom. The van der Waals surface area contributed by atoms with Crippen LogP contribution in [0, 0.1) is 20.8 Å². The fraction of sp³-hybridized carbons (Fsp3) is 0.364. The molecule has 3 nitrogen and oxygen atoms in total. The molecule has 2 aromatic heterocycles. The van der Waals surface area contributed by atoms with Crippen molar-refractivity contribution in [2.24, 2.45) is 0 Å². The van der Waals surface area contributed by atoms with Crippen LogP contribution in [0.2, 0.25) is 0 Å². The minimum absolute atomic E-state index is 0.0363. The normalized spacial score (nSPS) is 13.9. The summed E-state index contributed by atoms with van der Waals surface area (Å²) in [6.45, 7) is 6.35. The molecule has 3 aromatic rings.